The van der Waals surface area contributed by atoms with Crippen LogP contribution in [0.2, 0.25) is 0 Å². The van der Waals surface area contributed by atoms with Crippen molar-refractivity contribution in [3.05, 3.63) is 0 Å². The molecule has 0 radical (unpaired) electrons. The monoisotopic (exact) mass is 336 g/mol. The van der Waals surface area contributed by atoms with Crippen molar-refractivity contribution >= 4 is 23.5 Å². The maximum absolute atomic E-state index is 12.3. The Balaban J connectivity index is 2.30. The first kappa shape index (κ1) is 18.8. The Bertz CT molecular complexity index is 587. The summed E-state index contributed by atoms with van der Waals surface area (Å²) in [5.74, 6) is -2.85. The van der Waals surface area contributed by atoms with E-state index in [9.17, 15) is 19.2 Å². The van der Waals surface area contributed by atoms with Gasteiger partial charge in [0.15, 0.2) is 0 Å². The molecule has 5 heteroatoms. The first-order chi connectivity index (χ1) is 10.9. The zero-order valence-electron chi connectivity index (χ0n) is 15.5. The minimum absolute atomic E-state index is 0.0206. The van der Waals surface area contributed by atoms with Crippen molar-refractivity contribution in [1.82, 2.24) is 0 Å². The number of hydrogen-bond donors (Lipinski definition) is 0. The Morgan fingerprint density at radius 3 is 1.96 bits per heavy atom. The summed E-state index contributed by atoms with van der Waals surface area (Å²) in [4.78, 5) is 48.7. The van der Waals surface area contributed by atoms with Crippen LogP contribution in [0.4, 0.5) is 0 Å². The molecule has 2 fully saturated rings. The molecule has 0 spiro atoms. The standard InChI is InChI=1S/C19H28O5/c1-7-18(3,4)15-11(16(22)24-17(15)23)9-19(5,6)14-10(2)12(20)8-13(14)21/h10-11,14-15H,7-9H2,1-6H3. The summed E-state index contributed by atoms with van der Waals surface area (Å²) in [5, 5.41) is 0. The number of Topliss-reactive ketones (excluding diaryl/α,β-unsaturated/α-hetero) is 2. The second-order valence-corrected chi connectivity index (χ2v) is 8.73. The van der Waals surface area contributed by atoms with E-state index in [4.69, 9.17) is 4.74 Å². The van der Waals surface area contributed by atoms with Crippen LogP contribution in [0.1, 0.15) is 60.8 Å². The number of esters is 2. The molecule has 0 aromatic heterocycles. The number of hydrogen-bond acceptors (Lipinski definition) is 5. The lowest BCUT2D eigenvalue weighted by molar-refractivity contribution is -0.155. The minimum atomic E-state index is -0.557. The van der Waals surface area contributed by atoms with Gasteiger partial charge in [-0.15, -0.1) is 0 Å². The molecule has 1 saturated carbocycles. The lowest BCUT2D eigenvalue weighted by Crippen LogP contribution is -2.39. The highest BCUT2D eigenvalue weighted by molar-refractivity contribution is 6.08. The Kier molecular flexibility index (Phi) is 4.77. The topological polar surface area (TPSA) is 77.5 Å². The third-order valence-corrected chi connectivity index (χ3v) is 6.20. The molecule has 0 aromatic carbocycles. The van der Waals surface area contributed by atoms with Gasteiger partial charge in [0.05, 0.1) is 18.3 Å². The Labute approximate surface area is 143 Å². The van der Waals surface area contributed by atoms with Gasteiger partial charge < -0.3 is 4.74 Å². The highest BCUT2D eigenvalue weighted by Crippen LogP contribution is 2.49. The van der Waals surface area contributed by atoms with Gasteiger partial charge in [0.1, 0.15) is 11.6 Å². The third kappa shape index (κ3) is 3.05. The molecule has 1 aliphatic heterocycles. The lowest BCUT2D eigenvalue weighted by atomic mass is 9.63. The van der Waals surface area contributed by atoms with Crippen molar-refractivity contribution in [3.63, 3.8) is 0 Å². The molecule has 1 saturated heterocycles. The zero-order valence-corrected chi connectivity index (χ0v) is 15.5. The molecule has 4 atom stereocenters. The van der Waals surface area contributed by atoms with Crippen LogP contribution in [0.25, 0.3) is 0 Å². The van der Waals surface area contributed by atoms with Gasteiger partial charge in [-0.3, -0.25) is 19.2 Å². The van der Waals surface area contributed by atoms with Crippen molar-refractivity contribution < 1.29 is 23.9 Å². The molecule has 5 nitrogen and oxygen atoms in total. The van der Waals surface area contributed by atoms with Gasteiger partial charge in [0, 0.05) is 11.8 Å². The molecule has 2 aliphatic rings. The number of carbonyl (C=O) groups excluding carboxylic acids is 4. The van der Waals surface area contributed by atoms with E-state index < -0.39 is 35.1 Å². The van der Waals surface area contributed by atoms with Crippen molar-refractivity contribution in [2.24, 2.45) is 34.5 Å². The fraction of sp³-hybridized carbons (Fsp3) is 0.789. The summed E-state index contributed by atoms with van der Waals surface area (Å²) in [6.07, 6.45) is 1.10. The van der Waals surface area contributed by atoms with E-state index >= 15 is 0 Å². The molecular formula is C19H28O5. The van der Waals surface area contributed by atoms with Crippen LogP contribution < -0.4 is 0 Å². The van der Waals surface area contributed by atoms with Gasteiger partial charge in [-0.05, 0) is 17.3 Å². The fourth-order valence-electron chi connectivity index (χ4n) is 4.54. The van der Waals surface area contributed by atoms with Gasteiger partial charge in [-0.1, -0.05) is 48.0 Å². The molecule has 1 aliphatic carbocycles. The predicted octanol–water partition coefficient (Wildman–Crippen LogP) is 2.95. The van der Waals surface area contributed by atoms with E-state index in [0.717, 1.165) is 6.42 Å². The minimum Gasteiger partial charge on any atom is -0.393 e. The van der Waals surface area contributed by atoms with E-state index in [1.54, 1.807) is 6.92 Å². The summed E-state index contributed by atoms with van der Waals surface area (Å²) in [5.41, 5.74) is -0.899. The van der Waals surface area contributed by atoms with Gasteiger partial charge in [0.25, 0.3) is 0 Å². The molecule has 134 valence electrons. The van der Waals surface area contributed by atoms with E-state index in [2.05, 4.69) is 0 Å². The van der Waals surface area contributed by atoms with Crippen molar-refractivity contribution in [3.8, 4) is 0 Å². The van der Waals surface area contributed by atoms with E-state index in [0.29, 0.717) is 6.42 Å². The van der Waals surface area contributed by atoms with Crippen LogP contribution in [0.15, 0.2) is 0 Å². The van der Waals surface area contributed by atoms with Gasteiger partial charge in [-0.25, -0.2) is 0 Å². The second kappa shape index (κ2) is 6.08. The van der Waals surface area contributed by atoms with Crippen molar-refractivity contribution in [2.45, 2.75) is 60.8 Å². The molecule has 0 amide bonds. The Morgan fingerprint density at radius 1 is 0.917 bits per heavy atom. The second-order valence-electron chi connectivity index (χ2n) is 8.73. The predicted molar refractivity (Wildman–Crippen MR) is 87.8 cm³/mol. The Hall–Kier alpha value is -1.52. The van der Waals surface area contributed by atoms with Gasteiger partial charge in [-0.2, -0.15) is 0 Å². The smallest absolute Gasteiger partial charge is 0.318 e. The number of ether oxygens (including phenoxy) is 1. The van der Waals surface area contributed by atoms with Crippen LogP contribution in [0.5, 0.6) is 0 Å². The average Bonchev–Trinajstić information content (AvgIpc) is 2.86. The Morgan fingerprint density at radius 2 is 1.50 bits per heavy atom. The van der Waals surface area contributed by atoms with Crippen LogP contribution >= 0.6 is 0 Å². The number of rotatable bonds is 5. The highest BCUT2D eigenvalue weighted by Gasteiger charge is 2.55. The normalized spacial score (nSPS) is 31.8. The van der Waals surface area contributed by atoms with Gasteiger partial charge >= 0.3 is 11.9 Å². The molecule has 0 aromatic rings. The summed E-state index contributed by atoms with van der Waals surface area (Å²) < 4.78 is 4.93. The van der Waals surface area contributed by atoms with Crippen molar-refractivity contribution in [1.29, 1.82) is 0 Å². The van der Waals surface area contributed by atoms with Gasteiger partial charge in [0.2, 0.25) is 0 Å². The maximum atomic E-state index is 12.3. The SMILES string of the molecule is CCC(C)(C)C1C(=O)OC(=O)C1CC(C)(C)C1C(=O)CC(=O)C1C. The molecule has 1 heterocycles. The molecule has 24 heavy (non-hydrogen) atoms. The fourth-order valence-corrected chi connectivity index (χ4v) is 4.54. The van der Waals surface area contributed by atoms with E-state index in [1.807, 2.05) is 34.6 Å². The number of ketones is 2. The molecule has 4 unspecified atom stereocenters. The van der Waals surface area contributed by atoms with E-state index in [-0.39, 0.29) is 29.3 Å². The summed E-state index contributed by atoms with van der Waals surface area (Å²) in [6.45, 7) is 11.5. The first-order valence-electron chi connectivity index (χ1n) is 8.73. The van der Waals surface area contributed by atoms with Crippen LogP contribution in [-0.2, 0) is 23.9 Å². The molecular weight excluding hydrogens is 308 g/mol. The summed E-state index contributed by atoms with van der Waals surface area (Å²) in [6, 6.07) is 0. The molecule has 0 bridgehead atoms. The maximum Gasteiger partial charge on any atom is 0.318 e. The summed E-state index contributed by atoms with van der Waals surface area (Å²) in [7, 11) is 0. The highest BCUT2D eigenvalue weighted by atomic mass is 16.6. The van der Waals surface area contributed by atoms with Crippen LogP contribution in [0.3, 0.4) is 0 Å². The summed E-state index contributed by atoms with van der Waals surface area (Å²) >= 11 is 0. The van der Waals surface area contributed by atoms with Crippen molar-refractivity contribution in [2.75, 3.05) is 0 Å². The lowest BCUT2D eigenvalue weighted by Gasteiger charge is -2.37. The van der Waals surface area contributed by atoms with Crippen LogP contribution in [0, 0.1) is 34.5 Å². The molecule has 2 rings (SSSR count). The largest absolute Gasteiger partial charge is 0.393 e. The first-order valence-corrected chi connectivity index (χ1v) is 8.73. The zero-order chi connectivity index (χ0) is 18.4. The van der Waals surface area contributed by atoms with E-state index in [1.165, 1.54) is 0 Å². The quantitative estimate of drug-likeness (QED) is 0.570. The number of cyclic esters (lactones) is 2. The molecule has 0 N–H and O–H groups in total. The van der Waals surface area contributed by atoms with Crippen LogP contribution in [-0.4, -0.2) is 23.5 Å². The third-order valence-electron chi connectivity index (χ3n) is 6.20. The number of carbonyl (C=O) groups is 4. The average molecular weight is 336 g/mol.